The zero-order valence-electron chi connectivity index (χ0n) is 8.43. The van der Waals surface area contributed by atoms with Gasteiger partial charge in [0.05, 0.1) is 11.8 Å². The van der Waals surface area contributed by atoms with Crippen LogP contribution in [-0.2, 0) is 0 Å². The standard InChI is InChI=1S/C9H10F3NO2S/c1-6-7(2-4-15-6)8(14)13-3-5-16-9(10,11)12/h2,4H,3,5H2,1H3,(H,13,14). The highest BCUT2D eigenvalue weighted by atomic mass is 32.2. The minimum absolute atomic E-state index is 0.0341. The van der Waals surface area contributed by atoms with E-state index in [1.165, 1.54) is 12.3 Å². The van der Waals surface area contributed by atoms with Gasteiger partial charge in [0.15, 0.2) is 0 Å². The highest BCUT2D eigenvalue weighted by Gasteiger charge is 2.27. The molecule has 0 saturated carbocycles. The molecule has 7 heteroatoms. The number of halogens is 3. The van der Waals surface area contributed by atoms with Crippen LogP contribution in [0.15, 0.2) is 16.7 Å². The second-order valence-electron chi connectivity index (χ2n) is 2.94. The van der Waals surface area contributed by atoms with E-state index in [1.807, 2.05) is 0 Å². The lowest BCUT2D eigenvalue weighted by Crippen LogP contribution is -2.26. The van der Waals surface area contributed by atoms with Crippen LogP contribution in [-0.4, -0.2) is 23.7 Å². The number of carbonyl (C=O) groups excluding carboxylic acids is 1. The zero-order chi connectivity index (χ0) is 12.2. The number of alkyl halides is 3. The molecule has 1 aromatic rings. The molecular weight excluding hydrogens is 243 g/mol. The third-order valence-electron chi connectivity index (χ3n) is 1.76. The lowest BCUT2D eigenvalue weighted by Gasteiger charge is -2.06. The smallest absolute Gasteiger partial charge is 0.441 e. The molecule has 0 saturated heterocycles. The minimum atomic E-state index is -4.25. The predicted octanol–water partition coefficient (Wildman–Crippen LogP) is 2.57. The number of furan rings is 1. The van der Waals surface area contributed by atoms with Crippen LogP contribution >= 0.6 is 11.8 Å². The van der Waals surface area contributed by atoms with E-state index in [0.717, 1.165) is 0 Å². The summed E-state index contributed by atoms with van der Waals surface area (Å²) >= 11 is -0.161. The molecule has 0 aliphatic carbocycles. The van der Waals surface area contributed by atoms with Gasteiger partial charge in [-0.05, 0) is 24.8 Å². The third-order valence-corrected chi connectivity index (χ3v) is 2.49. The number of amides is 1. The zero-order valence-corrected chi connectivity index (χ0v) is 9.24. The summed E-state index contributed by atoms with van der Waals surface area (Å²) in [5.74, 6) is -0.179. The van der Waals surface area contributed by atoms with Crippen molar-refractivity contribution in [3.05, 3.63) is 23.7 Å². The van der Waals surface area contributed by atoms with Crippen molar-refractivity contribution in [1.82, 2.24) is 5.32 Å². The molecular formula is C9H10F3NO2S. The van der Waals surface area contributed by atoms with Crippen LogP contribution in [0.1, 0.15) is 16.1 Å². The van der Waals surface area contributed by atoms with E-state index < -0.39 is 11.4 Å². The first-order valence-electron chi connectivity index (χ1n) is 4.43. The molecule has 0 unspecified atom stereocenters. The van der Waals surface area contributed by atoms with Gasteiger partial charge in [-0.2, -0.15) is 13.2 Å². The maximum Gasteiger partial charge on any atom is 0.441 e. The van der Waals surface area contributed by atoms with Gasteiger partial charge in [0.25, 0.3) is 5.91 Å². The molecule has 0 radical (unpaired) electrons. The molecule has 1 heterocycles. The van der Waals surface area contributed by atoms with Crippen molar-refractivity contribution in [1.29, 1.82) is 0 Å². The van der Waals surface area contributed by atoms with Gasteiger partial charge >= 0.3 is 5.51 Å². The summed E-state index contributed by atoms with van der Waals surface area (Å²) in [5.41, 5.74) is -3.91. The molecule has 0 bridgehead atoms. The number of thioether (sulfide) groups is 1. The van der Waals surface area contributed by atoms with Gasteiger partial charge in [0.2, 0.25) is 0 Å². The Labute approximate surface area is 94.4 Å². The molecule has 0 fully saturated rings. The van der Waals surface area contributed by atoms with Crippen molar-refractivity contribution in [2.24, 2.45) is 0 Å². The highest BCUT2D eigenvalue weighted by molar-refractivity contribution is 8.00. The number of rotatable bonds is 4. The summed E-state index contributed by atoms with van der Waals surface area (Å²) in [6.45, 7) is 1.58. The van der Waals surface area contributed by atoms with E-state index in [2.05, 4.69) is 5.32 Å². The minimum Gasteiger partial charge on any atom is -0.469 e. The fourth-order valence-corrected chi connectivity index (χ4v) is 1.48. The summed E-state index contributed by atoms with van der Waals surface area (Å²) in [4.78, 5) is 11.4. The number of hydrogen-bond acceptors (Lipinski definition) is 3. The summed E-state index contributed by atoms with van der Waals surface area (Å²) in [5, 5.41) is 2.38. The van der Waals surface area contributed by atoms with E-state index in [4.69, 9.17) is 4.42 Å². The van der Waals surface area contributed by atoms with Gasteiger partial charge in [-0.25, -0.2) is 0 Å². The summed E-state index contributed by atoms with van der Waals surface area (Å²) in [6.07, 6.45) is 1.36. The Balaban J connectivity index is 2.29. The molecule has 0 aliphatic heterocycles. The van der Waals surface area contributed by atoms with Crippen LogP contribution in [0.4, 0.5) is 13.2 Å². The quantitative estimate of drug-likeness (QED) is 0.838. The van der Waals surface area contributed by atoms with Crippen molar-refractivity contribution in [2.75, 3.05) is 12.3 Å². The molecule has 90 valence electrons. The van der Waals surface area contributed by atoms with Crippen LogP contribution in [0.5, 0.6) is 0 Å². The van der Waals surface area contributed by atoms with E-state index in [-0.39, 0.29) is 24.1 Å². The van der Waals surface area contributed by atoms with Crippen LogP contribution in [0, 0.1) is 6.92 Å². The fraction of sp³-hybridized carbons (Fsp3) is 0.444. The maximum atomic E-state index is 11.8. The van der Waals surface area contributed by atoms with E-state index in [9.17, 15) is 18.0 Å². The van der Waals surface area contributed by atoms with Crippen LogP contribution in [0.25, 0.3) is 0 Å². The largest absolute Gasteiger partial charge is 0.469 e. The van der Waals surface area contributed by atoms with Gasteiger partial charge in [-0.3, -0.25) is 4.79 Å². The first-order chi connectivity index (χ1) is 7.40. The van der Waals surface area contributed by atoms with E-state index in [1.54, 1.807) is 6.92 Å². The number of aryl methyl sites for hydroxylation is 1. The molecule has 16 heavy (non-hydrogen) atoms. The molecule has 1 N–H and O–H groups in total. The SMILES string of the molecule is Cc1occc1C(=O)NCCSC(F)(F)F. The Morgan fingerprint density at radius 1 is 1.56 bits per heavy atom. The summed E-state index contributed by atoms with van der Waals surface area (Å²) < 4.78 is 40.2. The van der Waals surface area contributed by atoms with E-state index in [0.29, 0.717) is 11.3 Å². The van der Waals surface area contributed by atoms with Gasteiger partial charge in [-0.15, -0.1) is 0 Å². The van der Waals surface area contributed by atoms with Crippen molar-refractivity contribution < 1.29 is 22.4 Å². The predicted molar refractivity (Wildman–Crippen MR) is 54.3 cm³/mol. The number of carbonyl (C=O) groups is 1. The van der Waals surface area contributed by atoms with Crippen LogP contribution in [0.3, 0.4) is 0 Å². The second kappa shape index (κ2) is 5.29. The average molecular weight is 253 g/mol. The second-order valence-corrected chi connectivity index (χ2v) is 4.10. The molecule has 1 amide bonds. The van der Waals surface area contributed by atoms with Crippen LogP contribution in [0.2, 0.25) is 0 Å². The lowest BCUT2D eigenvalue weighted by molar-refractivity contribution is -0.0327. The Morgan fingerprint density at radius 3 is 2.75 bits per heavy atom. The molecule has 0 spiro atoms. The lowest BCUT2D eigenvalue weighted by atomic mass is 10.2. The van der Waals surface area contributed by atoms with E-state index >= 15 is 0 Å². The molecule has 0 aliphatic rings. The van der Waals surface area contributed by atoms with Gasteiger partial charge in [0.1, 0.15) is 5.76 Å². The molecule has 0 atom stereocenters. The topological polar surface area (TPSA) is 42.2 Å². The molecule has 0 aromatic carbocycles. The van der Waals surface area contributed by atoms with Crippen molar-refractivity contribution in [3.63, 3.8) is 0 Å². The fourth-order valence-electron chi connectivity index (χ4n) is 1.05. The van der Waals surface area contributed by atoms with Gasteiger partial charge < -0.3 is 9.73 Å². The Bertz CT molecular complexity index is 362. The molecule has 3 nitrogen and oxygen atoms in total. The normalized spacial score (nSPS) is 11.5. The number of nitrogens with one attached hydrogen (secondary N) is 1. The molecule has 1 rings (SSSR count). The third kappa shape index (κ3) is 4.18. The average Bonchev–Trinajstić information content (AvgIpc) is 2.57. The Kier molecular flexibility index (Phi) is 4.28. The Morgan fingerprint density at radius 2 is 2.25 bits per heavy atom. The summed E-state index contributed by atoms with van der Waals surface area (Å²) in [7, 11) is 0. The Hall–Kier alpha value is -1.11. The molecule has 1 aromatic heterocycles. The van der Waals surface area contributed by atoms with Crippen molar-refractivity contribution >= 4 is 17.7 Å². The number of hydrogen-bond donors (Lipinski definition) is 1. The highest BCUT2D eigenvalue weighted by Crippen LogP contribution is 2.29. The van der Waals surface area contributed by atoms with Crippen molar-refractivity contribution in [3.8, 4) is 0 Å². The van der Waals surface area contributed by atoms with Gasteiger partial charge in [0, 0.05) is 12.3 Å². The van der Waals surface area contributed by atoms with Crippen LogP contribution < -0.4 is 5.32 Å². The monoisotopic (exact) mass is 253 g/mol. The first-order valence-corrected chi connectivity index (χ1v) is 5.41. The van der Waals surface area contributed by atoms with Gasteiger partial charge in [-0.1, -0.05) is 0 Å². The van der Waals surface area contributed by atoms with Crippen molar-refractivity contribution in [2.45, 2.75) is 12.4 Å². The summed E-state index contributed by atoms with van der Waals surface area (Å²) in [6, 6.07) is 1.47. The first kappa shape index (κ1) is 13.0. The maximum absolute atomic E-state index is 11.8.